The molecule has 228 valence electrons. The van der Waals surface area contributed by atoms with Gasteiger partial charge in [-0.25, -0.2) is 15.0 Å². The Morgan fingerprint density at radius 2 is 0.898 bits per heavy atom. The van der Waals surface area contributed by atoms with E-state index >= 15 is 0 Å². The molecule has 2 aromatic heterocycles. The van der Waals surface area contributed by atoms with Crippen LogP contribution < -0.4 is 0 Å². The SMILES string of the molecule is c1ccc2cc(-c3nc(-c4cc(-c5cccc6ccccc56)cc5ccccc45)nc(-c4cccc5oc6ccccc6c45)n3)ccc2c1. The molecule has 0 atom stereocenters. The van der Waals surface area contributed by atoms with E-state index in [1.807, 2.05) is 30.3 Å². The lowest BCUT2D eigenvalue weighted by molar-refractivity contribution is 0.669. The first kappa shape index (κ1) is 27.5. The Morgan fingerprint density at radius 3 is 1.76 bits per heavy atom. The molecular weight excluding hydrogens is 599 g/mol. The molecule has 0 radical (unpaired) electrons. The summed E-state index contributed by atoms with van der Waals surface area (Å²) in [6.07, 6.45) is 0. The summed E-state index contributed by atoms with van der Waals surface area (Å²) in [5.74, 6) is 1.84. The monoisotopic (exact) mass is 625 g/mol. The van der Waals surface area contributed by atoms with Gasteiger partial charge in [-0.15, -0.1) is 0 Å². The number of nitrogens with zero attached hydrogens (tertiary/aromatic N) is 3. The number of furan rings is 1. The first-order chi connectivity index (χ1) is 24.3. The molecule has 0 bridgehead atoms. The first-order valence-electron chi connectivity index (χ1n) is 16.4. The molecule has 10 rings (SSSR count). The van der Waals surface area contributed by atoms with Gasteiger partial charge < -0.3 is 4.42 Å². The molecule has 4 nitrogen and oxygen atoms in total. The third kappa shape index (κ3) is 4.57. The van der Waals surface area contributed by atoms with E-state index in [2.05, 4.69) is 133 Å². The average Bonchev–Trinajstić information content (AvgIpc) is 3.56. The summed E-state index contributed by atoms with van der Waals surface area (Å²) in [7, 11) is 0. The summed E-state index contributed by atoms with van der Waals surface area (Å²) in [5.41, 5.74) is 6.71. The molecule has 0 fully saturated rings. The van der Waals surface area contributed by atoms with E-state index in [9.17, 15) is 0 Å². The van der Waals surface area contributed by atoms with Gasteiger partial charge in [0.15, 0.2) is 17.5 Å². The fourth-order valence-corrected chi connectivity index (χ4v) is 7.16. The zero-order chi connectivity index (χ0) is 32.3. The number of fused-ring (bicyclic) bond motifs is 6. The molecule has 0 spiro atoms. The number of hydrogen-bond donors (Lipinski definition) is 0. The Balaban J connectivity index is 1.27. The minimum atomic E-state index is 0.602. The van der Waals surface area contributed by atoms with Crippen LogP contribution in [0.4, 0.5) is 0 Å². The van der Waals surface area contributed by atoms with E-state index in [1.54, 1.807) is 0 Å². The van der Waals surface area contributed by atoms with Gasteiger partial charge in [0.2, 0.25) is 0 Å². The topological polar surface area (TPSA) is 51.8 Å². The van der Waals surface area contributed by atoms with Crippen LogP contribution in [0.3, 0.4) is 0 Å². The summed E-state index contributed by atoms with van der Waals surface area (Å²) in [6.45, 7) is 0. The van der Waals surface area contributed by atoms with Gasteiger partial charge in [0.1, 0.15) is 11.2 Å². The van der Waals surface area contributed by atoms with Crippen LogP contribution in [0.25, 0.3) is 99.5 Å². The Hall–Kier alpha value is -6.65. The van der Waals surface area contributed by atoms with Gasteiger partial charge >= 0.3 is 0 Å². The average molecular weight is 626 g/mol. The largest absolute Gasteiger partial charge is 0.456 e. The van der Waals surface area contributed by atoms with Gasteiger partial charge in [-0.05, 0) is 73.8 Å². The zero-order valence-electron chi connectivity index (χ0n) is 26.3. The normalized spacial score (nSPS) is 11.7. The second-order valence-corrected chi connectivity index (χ2v) is 12.4. The highest BCUT2D eigenvalue weighted by Crippen LogP contribution is 2.39. The summed E-state index contributed by atoms with van der Waals surface area (Å²) in [6, 6.07) is 57.0. The molecule has 0 saturated heterocycles. The molecular formula is C45H27N3O. The van der Waals surface area contributed by atoms with Crippen LogP contribution >= 0.6 is 0 Å². The number of hydrogen-bond acceptors (Lipinski definition) is 4. The van der Waals surface area contributed by atoms with Gasteiger partial charge in [-0.3, -0.25) is 0 Å². The molecule has 0 N–H and O–H groups in total. The molecule has 4 heteroatoms. The first-order valence-corrected chi connectivity index (χ1v) is 16.4. The van der Waals surface area contributed by atoms with Crippen LogP contribution in [0.15, 0.2) is 168 Å². The van der Waals surface area contributed by atoms with Gasteiger partial charge in [-0.2, -0.15) is 0 Å². The summed E-state index contributed by atoms with van der Waals surface area (Å²) < 4.78 is 6.28. The van der Waals surface area contributed by atoms with E-state index in [1.165, 1.54) is 21.7 Å². The fourth-order valence-electron chi connectivity index (χ4n) is 7.16. The van der Waals surface area contributed by atoms with Crippen molar-refractivity contribution in [1.82, 2.24) is 15.0 Å². The van der Waals surface area contributed by atoms with Crippen molar-refractivity contribution < 1.29 is 4.42 Å². The molecule has 0 amide bonds. The molecule has 0 aliphatic heterocycles. The highest BCUT2D eigenvalue weighted by atomic mass is 16.3. The van der Waals surface area contributed by atoms with Crippen molar-refractivity contribution in [3.63, 3.8) is 0 Å². The van der Waals surface area contributed by atoms with Gasteiger partial charge in [-0.1, -0.05) is 133 Å². The van der Waals surface area contributed by atoms with Crippen LogP contribution in [0.2, 0.25) is 0 Å². The van der Waals surface area contributed by atoms with Gasteiger partial charge in [0, 0.05) is 27.5 Å². The Bertz CT molecular complexity index is 2900. The Morgan fingerprint density at radius 1 is 0.327 bits per heavy atom. The smallest absolute Gasteiger partial charge is 0.164 e. The van der Waals surface area contributed by atoms with Crippen molar-refractivity contribution >= 4 is 54.3 Å². The molecule has 49 heavy (non-hydrogen) atoms. The maximum atomic E-state index is 6.28. The Kier molecular flexibility index (Phi) is 6.15. The lowest BCUT2D eigenvalue weighted by Gasteiger charge is -2.14. The quantitative estimate of drug-likeness (QED) is 0.195. The summed E-state index contributed by atoms with van der Waals surface area (Å²) in [5, 5.41) is 8.95. The minimum Gasteiger partial charge on any atom is -0.456 e. The van der Waals surface area contributed by atoms with Crippen LogP contribution in [0.5, 0.6) is 0 Å². The predicted molar refractivity (Wildman–Crippen MR) is 201 cm³/mol. The van der Waals surface area contributed by atoms with Crippen molar-refractivity contribution in [2.24, 2.45) is 0 Å². The van der Waals surface area contributed by atoms with E-state index in [4.69, 9.17) is 19.4 Å². The summed E-state index contributed by atoms with van der Waals surface area (Å²) in [4.78, 5) is 15.7. The highest BCUT2D eigenvalue weighted by molar-refractivity contribution is 6.12. The van der Waals surface area contributed by atoms with Crippen LogP contribution in [0, 0.1) is 0 Å². The van der Waals surface area contributed by atoms with Crippen molar-refractivity contribution in [2.75, 3.05) is 0 Å². The lowest BCUT2D eigenvalue weighted by Crippen LogP contribution is -2.01. The minimum absolute atomic E-state index is 0.602. The maximum absolute atomic E-state index is 6.28. The lowest BCUT2D eigenvalue weighted by atomic mass is 9.93. The Labute approximate surface area is 282 Å². The fraction of sp³-hybridized carbons (Fsp3) is 0. The van der Waals surface area contributed by atoms with Crippen molar-refractivity contribution in [3.05, 3.63) is 164 Å². The second kappa shape index (κ2) is 11.0. The van der Waals surface area contributed by atoms with Gasteiger partial charge in [0.25, 0.3) is 0 Å². The van der Waals surface area contributed by atoms with Crippen LogP contribution in [-0.4, -0.2) is 15.0 Å². The number of para-hydroxylation sites is 1. The number of aromatic nitrogens is 3. The number of rotatable bonds is 4. The molecule has 10 aromatic rings. The van der Waals surface area contributed by atoms with Crippen LogP contribution in [0.1, 0.15) is 0 Å². The second-order valence-electron chi connectivity index (χ2n) is 12.4. The van der Waals surface area contributed by atoms with Gasteiger partial charge in [0.05, 0.1) is 0 Å². The van der Waals surface area contributed by atoms with Crippen LogP contribution in [-0.2, 0) is 0 Å². The third-order valence-corrected chi connectivity index (χ3v) is 9.49. The van der Waals surface area contributed by atoms with E-state index in [0.29, 0.717) is 17.5 Å². The maximum Gasteiger partial charge on any atom is 0.164 e. The highest BCUT2D eigenvalue weighted by Gasteiger charge is 2.19. The molecule has 0 aliphatic rings. The molecule has 0 unspecified atom stereocenters. The van der Waals surface area contributed by atoms with Crippen molar-refractivity contribution in [3.8, 4) is 45.3 Å². The van der Waals surface area contributed by atoms with E-state index < -0.39 is 0 Å². The molecule has 0 saturated carbocycles. The third-order valence-electron chi connectivity index (χ3n) is 9.49. The predicted octanol–water partition coefficient (Wildman–Crippen LogP) is 11.9. The zero-order valence-corrected chi connectivity index (χ0v) is 26.3. The summed E-state index contributed by atoms with van der Waals surface area (Å²) >= 11 is 0. The molecule has 0 aliphatic carbocycles. The van der Waals surface area contributed by atoms with E-state index in [0.717, 1.165) is 60.4 Å². The molecule has 2 heterocycles. The van der Waals surface area contributed by atoms with Crippen molar-refractivity contribution in [2.45, 2.75) is 0 Å². The standard InChI is InChI=1S/C45H27N3O/c1-2-13-30-25-32(24-23-28(30)11-1)43-46-44(38-20-10-22-41-42(38)37-18-7-8-21-40(37)49-41)48-45(47-43)39-27-33(26-31-14-4-6-17-35(31)39)36-19-9-15-29-12-3-5-16-34(29)36/h1-27H. The number of benzene rings is 8. The molecule has 8 aromatic carbocycles. The van der Waals surface area contributed by atoms with Crippen molar-refractivity contribution in [1.29, 1.82) is 0 Å². The van der Waals surface area contributed by atoms with E-state index in [-0.39, 0.29) is 0 Å².